The standard InChI is InChI=1S/C10H12N4S/c1-3-7-4-9(15)13-10(12-7)8-5-11-6-14(8)2/h4-6H,3H2,1-2H3,(H,12,13,15). The van der Waals surface area contributed by atoms with Gasteiger partial charge in [0, 0.05) is 12.7 Å². The molecule has 5 heteroatoms. The number of hydrogen-bond donors (Lipinski definition) is 1. The molecule has 0 fully saturated rings. The van der Waals surface area contributed by atoms with Gasteiger partial charge in [-0.05, 0) is 12.5 Å². The number of aromatic amines is 1. The van der Waals surface area contributed by atoms with Gasteiger partial charge in [0.15, 0.2) is 5.82 Å². The van der Waals surface area contributed by atoms with Gasteiger partial charge in [-0.3, -0.25) is 0 Å². The molecule has 0 unspecified atom stereocenters. The Labute approximate surface area is 93.0 Å². The largest absolute Gasteiger partial charge is 0.342 e. The molecule has 0 aliphatic carbocycles. The highest BCUT2D eigenvalue weighted by Crippen LogP contribution is 2.13. The molecule has 2 heterocycles. The zero-order valence-corrected chi connectivity index (χ0v) is 9.51. The molecule has 0 saturated heterocycles. The number of aromatic nitrogens is 4. The molecule has 2 aromatic heterocycles. The zero-order chi connectivity index (χ0) is 10.8. The maximum Gasteiger partial charge on any atom is 0.157 e. The van der Waals surface area contributed by atoms with Gasteiger partial charge in [-0.1, -0.05) is 19.1 Å². The molecular formula is C10H12N4S. The van der Waals surface area contributed by atoms with E-state index in [1.807, 2.05) is 17.7 Å². The number of hydrogen-bond acceptors (Lipinski definition) is 3. The molecule has 0 aliphatic rings. The third-order valence-electron chi connectivity index (χ3n) is 2.24. The van der Waals surface area contributed by atoms with E-state index < -0.39 is 0 Å². The average Bonchev–Trinajstić information content (AvgIpc) is 2.63. The summed E-state index contributed by atoms with van der Waals surface area (Å²) in [6.45, 7) is 2.08. The van der Waals surface area contributed by atoms with Crippen LogP contribution in [0, 0.1) is 4.64 Å². The molecule has 15 heavy (non-hydrogen) atoms. The number of nitrogens with one attached hydrogen (secondary N) is 1. The molecule has 0 aliphatic heterocycles. The predicted molar refractivity (Wildman–Crippen MR) is 61.0 cm³/mol. The SMILES string of the molecule is CCc1cc(=S)nc(-c2cncn2C)[nH]1. The second-order valence-corrected chi connectivity index (χ2v) is 3.75. The fourth-order valence-corrected chi connectivity index (χ4v) is 1.64. The Kier molecular flexibility index (Phi) is 2.64. The van der Waals surface area contributed by atoms with Crippen LogP contribution < -0.4 is 0 Å². The van der Waals surface area contributed by atoms with Crippen LogP contribution in [0.15, 0.2) is 18.6 Å². The van der Waals surface area contributed by atoms with E-state index in [-0.39, 0.29) is 0 Å². The summed E-state index contributed by atoms with van der Waals surface area (Å²) in [4.78, 5) is 11.6. The van der Waals surface area contributed by atoms with Crippen LogP contribution in [0.2, 0.25) is 0 Å². The van der Waals surface area contributed by atoms with Crippen molar-refractivity contribution in [3.63, 3.8) is 0 Å². The Hall–Kier alpha value is -1.49. The minimum Gasteiger partial charge on any atom is -0.342 e. The van der Waals surface area contributed by atoms with Gasteiger partial charge in [0.05, 0.1) is 12.5 Å². The van der Waals surface area contributed by atoms with Crippen molar-refractivity contribution in [1.82, 2.24) is 19.5 Å². The highest BCUT2D eigenvalue weighted by molar-refractivity contribution is 7.71. The first-order valence-electron chi connectivity index (χ1n) is 4.77. The van der Waals surface area contributed by atoms with Crippen LogP contribution in [0.1, 0.15) is 12.6 Å². The molecule has 0 radical (unpaired) electrons. The van der Waals surface area contributed by atoms with Gasteiger partial charge < -0.3 is 9.55 Å². The number of nitrogens with zero attached hydrogens (tertiary/aromatic N) is 3. The molecule has 0 spiro atoms. The summed E-state index contributed by atoms with van der Waals surface area (Å²) >= 11 is 5.11. The second kappa shape index (κ2) is 3.94. The highest BCUT2D eigenvalue weighted by atomic mass is 32.1. The molecule has 4 nitrogen and oxygen atoms in total. The first-order valence-corrected chi connectivity index (χ1v) is 5.18. The topological polar surface area (TPSA) is 46.5 Å². The van der Waals surface area contributed by atoms with Crippen LogP contribution in [0.25, 0.3) is 11.5 Å². The van der Waals surface area contributed by atoms with Gasteiger partial charge in [-0.25, -0.2) is 9.97 Å². The highest BCUT2D eigenvalue weighted by Gasteiger charge is 2.05. The number of rotatable bonds is 2. The third kappa shape index (κ3) is 1.97. The zero-order valence-electron chi connectivity index (χ0n) is 8.69. The van der Waals surface area contributed by atoms with Gasteiger partial charge >= 0.3 is 0 Å². The maximum atomic E-state index is 5.11. The molecule has 2 rings (SSSR count). The molecule has 0 aromatic carbocycles. The fourth-order valence-electron chi connectivity index (χ4n) is 1.40. The molecule has 0 saturated carbocycles. The molecule has 78 valence electrons. The van der Waals surface area contributed by atoms with Gasteiger partial charge in [-0.2, -0.15) is 0 Å². The molecule has 0 amide bonds. The summed E-state index contributed by atoms with van der Waals surface area (Å²) in [5.41, 5.74) is 2.03. The monoisotopic (exact) mass is 220 g/mol. The second-order valence-electron chi connectivity index (χ2n) is 3.34. The van der Waals surface area contributed by atoms with Crippen molar-refractivity contribution in [3.05, 3.63) is 28.9 Å². The Bertz CT molecular complexity index is 526. The van der Waals surface area contributed by atoms with E-state index in [0.29, 0.717) is 4.64 Å². The fraction of sp³-hybridized carbons (Fsp3) is 0.300. The van der Waals surface area contributed by atoms with E-state index in [0.717, 1.165) is 23.6 Å². The first-order chi connectivity index (χ1) is 7.20. The van der Waals surface area contributed by atoms with Gasteiger partial charge in [0.25, 0.3) is 0 Å². The normalized spacial score (nSPS) is 10.5. The van der Waals surface area contributed by atoms with Crippen LogP contribution in [-0.2, 0) is 13.5 Å². The van der Waals surface area contributed by atoms with E-state index in [9.17, 15) is 0 Å². The lowest BCUT2D eigenvalue weighted by Crippen LogP contribution is -1.98. The van der Waals surface area contributed by atoms with Crippen molar-refractivity contribution in [3.8, 4) is 11.5 Å². The molecule has 0 atom stereocenters. The molecule has 0 bridgehead atoms. The predicted octanol–water partition coefficient (Wildman–Crippen LogP) is 2.10. The lowest BCUT2D eigenvalue weighted by molar-refractivity contribution is 0.898. The maximum absolute atomic E-state index is 5.11. The average molecular weight is 220 g/mol. The summed E-state index contributed by atoms with van der Waals surface area (Å²) in [7, 11) is 1.93. The van der Waals surface area contributed by atoms with Crippen LogP contribution in [0.3, 0.4) is 0 Å². The van der Waals surface area contributed by atoms with Crippen molar-refractivity contribution in [2.45, 2.75) is 13.3 Å². The summed E-state index contributed by atoms with van der Waals surface area (Å²) in [6, 6.07) is 1.88. The Balaban J connectivity index is 2.58. The van der Waals surface area contributed by atoms with E-state index >= 15 is 0 Å². The van der Waals surface area contributed by atoms with Crippen LogP contribution >= 0.6 is 12.2 Å². The quantitative estimate of drug-likeness (QED) is 0.788. The van der Waals surface area contributed by atoms with Crippen molar-refractivity contribution in [2.24, 2.45) is 7.05 Å². The lowest BCUT2D eigenvalue weighted by Gasteiger charge is -2.04. The lowest BCUT2D eigenvalue weighted by atomic mass is 10.3. The summed E-state index contributed by atoms with van der Waals surface area (Å²) < 4.78 is 2.52. The summed E-state index contributed by atoms with van der Waals surface area (Å²) in [5.74, 6) is 0.777. The minimum atomic E-state index is 0.613. The van der Waals surface area contributed by atoms with Crippen molar-refractivity contribution < 1.29 is 0 Å². The van der Waals surface area contributed by atoms with Gasteiger partial charge in [0.2, 0.25) is 0 Å². The van der Waals surface area contributed by atoms with E-state index in [2.05, 4.69) is 21.9 Å². The van der Waals surface area contributed by atoms with Gasteiger partial charge in [0.1, 0.15) is 10.3 Å². The van der Waals surface area contributed by atoms with Crippen molar-refractivity contribution in [2.75, 3.05) is 0 Å². The van der Waals surface area contributed by atoms with E-state index in [1.165, 1.54) is 0 Å². The van der Waals surface area contributed by atoms with E-state index in [1.54, 1.807) is 12.5 Å². The number of aryl methyl sites for hydroxylation is 2. The van der Waals surface area contributed by atoms with Crippen LogP contribution in [0.5, 0.6) is 0 Å². The smallest absolute Gasteiger partial charge is 0.157 e. The molecule has 1 N–H and O–H groups in total. The molecule has 2 aromatic rings. The Morgan fingerprint density at radius 2 is 2.33 bits per heavy atom. The number of imidazole rings is 1. The Morgan fingerprint density at radius 1 is 1.53 bits per heavy atom. The number of H-pyrrole nitrogens is 1. The van der Waals surface area contributed by atoms with Crippen LogP contribution in [-0.4, -0.2) is 19.5 Å². The van der Waals surface area contributed by atoms with Crippen molar-refractivity contribution >= 4 is 12.2 Å². The Morgan fingerprint density at radius 3 is 2.93 bits per heavy atom. The molecular weight excluding hydrogens is 208 g/mol. The minimum absolute atomic E-state index is 0.613. The summed E-state index contributed by atoms with van der Waals surface area (Å²) in [6.07, 6.45) is 4.43. The van der Waals surface area contributed by atoms with Gasteiger partial charge in [-0.15, -0.1) is 0 Å². The first kappa shape index (κ1) is 10.0. The third-order valence-corrected chi connectivity index (χ3v) is 2.45. The van der Waals surface area contributed by atoms with E-state index in [4.69, 9.17) is 12.2 Å². The summed E-state index contributed by atoms with van der Waals surface area (Å²) in [5, 5.41) is 0. The van der Waals surface area contributed by atoms with Crippen molar-refractivity contribution in [1.29, 1.82) is 0 Å². The van der Waals surface area contributed by atoms with Crippen LogP contribution in [0.4, 0.5) is 0 Å².